The summed E-state index contributed by atoms with van der Waals surface area (Å²) in [6, 6.07) is 11.2. The second-order valence-electron chi connectivity index (χ2n) is 5.14. The van der Waals surface area contributed by atoms with E-state index >= 15 is 0 Å². The summed E-state index contributed by atoms with van der Waals surface area (Å²) in [6.07, 6.45) is 3.43. The van der Waals surface area contributed by atoms with Gasteiger partial charge in [-0.2, -0.15) is 5.10 Å². The van der Waals surface area contributed by atoms with Gasteiger partial charge in [0.1, 0.15) is 11.5 Å². The number of hydrogen-bond acceptors (Lipinski definition) is 4. The number of carbonyl (C=O) groups is 1. The fraction of sp³-hybridized carbons (Fsp3) is 0.118. The molecule has 2 heterocycles. The summed E-state index contributed by atoms with van der Waals surface area (Å²) in [5, 5.41) is 19.9. The number of aromatic amines is 1. The SMILES string of the molecule is O=C(O)CCNc1[nH]nc(-c2ccc(Cl)cc2)c1-c1ccncc1. The van der Waals surface area contributed by atoms with Crippen molar-refractivity contribution in [2.45, 2.75) is 6.42 Å². The summed E-state index contributed by atoms with van der Waals surface area (Å²) in [5.74, 6) is -0.183. The van der Waals surface area contributed by atoms with E-state index in [-0.39, 0.29) is 6.42 Å². The van der Waals surface area contributed by atoms with Crippen LogP contribution in [0.5, 0.6) is 0 Å². The van der Waals surface area contributed by atoms with Crippen LogP contribution >= 0.6 is 11.6 Å². The summed E-state index contributed by atoms with van der Waals surface area (Å²) in [6.45, 7) is 0.301. The highest BCUT2D eigenvalue weighted by Crippen LogP contribution is 2.36. The molecule has 7 heteroatoms. The third-order valence-electron chi connectivity index (χ3n) is 3.49. The average Bonchev–Trinajstić information content (AvgIpc) is 3.00. The number of pyridine rings is 1. The number of aromatic nitrogens is 3. The van der Waals surface area contributed by atoms with Crippen LogP contribution in [0.15, 0.2) is 48.8 Å². The Balaban J connectivity index is 2.01. The molecule has 0 aliphatic rings. The molecule has 3 aromatic rings. The smallest absolute Gasteiger partial charge is 0.305 e. The quantitative estimate of drug-likeness (QED) is 0.635. The Morgan fingerprint density at radius 2 is 1.83 bits per heavy atom. The van der Waals surface area contributed by atoms with E-state index in [1.807, 2.05) is 24.3 Å². The minimum absolute atomic E-state index is 0.0189. The van der Waals surface area contributed by atoms with Gasteiger partial charge < -0.3 is 10.4 Å². The molecule has 3 N–H and O–H groups in total. The number of rotatable bonds is 6. The number of benzene rings is 1. The fourth-order valence-electron chi connectivity index (χ4n) is 2.38. The maximum absolute atomic E-state index is 10.7. The van der Waals surface area contributed by atoms with E-state index in [0.29, 0.717) is 17.4 Å². The molecule has 0 saturated carbocycles. The molecule has 2 aromatic heterocycles. The number of hydrogen-bond donors (Lipinski definition) is 3. The van der Waals surface area contributed by atoms with Crippen molar-refractivity contribution < 1.29 is 9.90 Å². The molecule has 0 amide bonds. The predicted molar refractivity (Wildman–Crippen MR) is 93.0 cm³/mol. The van der Waals surface area contributed by atoms with E-state index in [4.69, 9.17) is 16.7 Å². The lowest BCUT2D eigenvalue weighted by molar-refractivity contribution is -0.136. The molecule has 0 radical (unpaired) electrons. The normalized spacial score (nSPS) is 10.5. The second kappa shape index (κ2) is 7.14. The molecule has 1 aromatic carbocycles. The maximum atomic E-state index is 10.7. The van der Waals surface area contributed by atoms with Crippen molar-refractivity contribution in [2.24, 2.45) is 0 Å². The number of halogens is 1. The third-order valence-corrected chi connectivity index (χ3v) is 3.75. The lowest BCUT2D eigenvalue weighted by Gasteiger charge is -2.08. The lowest BCUT2D eigenvalue weighted by atomic mass is 10.0. The minimum Gasteiger partial charge on any atom is -0.481 e. The number of anilines is 1. The second-order valence-corrected chi connectivity index (χ2v) is 5.57. The van der Waals surface area contributed by atoms with Gasteiger partial charge in [-0.05, 0) is 29.8 Å². The number of carboxylic acid groups (broad SMARTS) is 1. The van der Waals surface area contributed by atoms with Gasteiger partial charge in [0, 0.05) is 29.5 Å². The van der Waals surface area contributed by atoms with E-state index < -0.39 is 5.97 Å². The topological polar surface area (TPSA) is 90.9 Å². The molecule has 122 valence electrons. The van der Waals surface area contributed by atoms with Crippen LogP contribution in [0, 0.1) is 0 Å². The molecule has 0 aliphatic heterocycles. The van der Waals surface area contributed by atoms with Crippen molar-refractivity contribution in [3.8, 4) is 22.4 Å². The summed E-state index contributed by atoms with van der Waals surface area (Å²) >= 11 is 5.95. The molecule has 0 atom stereocenters. The molecule has 0 spiro atoms. The van der Waals surface area contributed by atoms with Crippen molar-refractivity contribution >= 4 is 23.4 Å². The van der Waals surface area contributed by atoms with Crippen LogP contribution in [0.2, 0.25) is 5.02 Å². The third kappa shape index (κ3) is 3.55. The van der Waals surface area contributed by atoms with Gasteiger partial charge in [0.25, 0.3) is 0 Å². The highest BCUT2D eigenvalue weighted by molar-refractivity contribution is 6.30. The molecular weight excluding hydrogens is 328 g/mol. The Labute approximate surface area is 143 Å². The van der Waals surface area contributed by atoms with Crippen molar-refractivity contribution in [3.63, 3.8) is 0 Å². The van der Waals surface area contributed by atoms with Crippen LogP contribution in [0.4, 0.5) is 5.82 Å². The Hall–Kier alpha value is -2.86. The fourth-order valence-corrected chi connectivity index (χ4v) is 2.51. The minimum atomic E-state index is -0.856. The molecule has 3 rings (SSSR count). The lowest BCUT2D eigenvalue weighted by Crippen LogP contribution is -2.08. The number of nitrogens with one attached hydrogen (secondary N) is 2. The van der Waals surface area contributed by atoms with Gasteiger partial charge >= 0.3 is 5.97 Å². The van der Waals surface area contributed by atoms with Crippen LogP contribution < -0.4 is 5.32 Å². The summed E-state index contributed by atoms with van der Waals surface area (Å²) < 4.78 is 0. The van der Waals surface area contributed by atoms with Gasteiger partial charge in [-0.3, -0.25) is 14.9 Å². The Kier molecular flexibility index (Phi) is 4.77. The molecule has 24 heavy (non-hydrogen) atoms. The van der Waals surface area contributed by atoms with Crippen molar-refractivity contribution in [1.29, 1.82) is 0 Å². The molecule has 0 fully saturated rings. The first kappa shape index (κ1) is 16.0. The maximum Gasteiger partial charge on any atom is 0.305 e. The predicted octanol–water partition coefficient (Wildman–Crippen LogP) is 3.68. The van der Waals surface area contributed by atoms with Gasteiger partial charge in [-0.1, -0.05) is 23.7 Å². The number of carboxylic acids is 1. The Bertz CT molecular complexity index is 832. The van der Waals surface area contributed by atoms with Gasteiger partial charge in [-0.25, -0.2) is 0 Å². The molecule has 0 bridgehead atoms. The zero-order valence-corrected chi connectivity index (χ0v) is 13.4. The molecule has 6 nitrogen and oxygen atoms in total. The standard InChI is InChI=1S/C17H15ClN4O2/c18-13-3-1-12(2-4-13)16-15(11-5-8-19-9-6-11)17(22-21-16)20-10-7-14(23)24/h1-6,8-9H,7,10H2,(H,23,24)(H2,20,21,22). The number of H-pyrrole nitrogens is 1. The average molecular weight is 343 g/mol. The van der Waals surface area contributed by atoms with Crippen LogP contribution in [-0.2, 0) is 4.79 Å². The van der Waals surface area contributed by atoms with E-state index in [2.05, 4.69) is 20.5 Å². The first-order chi connectivity index (χ1) is 11.6. The largest absolute Gasteiger partial charge is 0.481 e. The van der Waals surface area contributed by atoms with E-state index in [9.17, 15) is 4.79 Å². The molecule has 0 unspecified atom stereocenters. The molecule has 0 saturated heterocycles. The summed E-state index contributed by atoms with van der Waals surface area (Å²) in [5.41, 5.74) is 3.47. The van der Waals surface area contributed by atoms with E-state index in [1.54, 1.807) is 24.5 Å². The Morgan fingerprint density at radius 1 is 1.12 bits per heavy atom. The molecule has 0 aliphatic carbocycles. The highest BCUT2D eigenvalue weighted by Gasteiger charge is 2.17. The van der Waals surface area contributed by atoms with E-state index in [0.717, 1.165) is 22.4 Å². The highest BCUT2D eigenvalue weighted by atomic mass is 35.5. The van der Waals surface area contributed by atoms with Crippen LogP contribution in [-0.4, -0.2) is 32.8 Å². The first-order valence-electron chi connectivity index (χ1n) is 7.35. The van der Waals surface area contributed by atoms with Gasteiger partial charge in [-0.15, -0.1) is 0 Å². The number of aliphatic carboxylic acids is 1. The number of nitrogens with zero attached hydrogens (tertiary/aromatic N) is 2. The monoisotopic (exact) mass is 342 g/mol. The summed E-state index contributed by atoms with van der Waals surface area (Å²) in [4.78, 5) is 14.8. The van der Waals surface area contributed by atoms with Gasteiger partial charge in [0.15, 0.2) is 0 Å². The van der Waals surface area contributed by atoms with Gasteiger partial charge in [0.2, 0.25) is 0 Å². The zero-order chi connectivity index (χ0) is 16.9. The van der Waals surface area contributed by atoms with Crippen molar-refractivity contribution in [3.05, 3.63) is 53.8 Å². The van der Waals surface area contributed by atoms with Gasteiger partial charge in [0.05, 0.1) is 12.0 Å². The van der Waals surface area contributed by atoms with Crippen LogP contribution in [0.25, 0.3) is 22.4 Å². The first-order valence-corrected chi connectivity index (χ1v) is 7.73. The zero-order valence-electron chi connectivity index (χ0n) is 12.7. The van der Waals surface area contributed by atoms with E-state index in [1.165, 1.54) is 0 Å². The summed E-state index contributed by atoms with van der Waals surface area (Å²) in [7, 11) is 0. The van der Waals surface area contributed by atoms with Crippen molar-refractivity contribution in [1.82, 2.24) is 15.2 Å². The Morgan fingerprint density at radius 3 is 2.50 bits per heavy atom. The van der Waals surface area contributed by atoms with Crippen LogP contribution in [0.3, 0.4) is 0 Å². The van der Waals surface area contributed by atoms with Crippen molar-refractivity contribution in [2.75, 3.05) is 11.9 Å². The molecular formula is C17H15ClN4O2. The van der Waals surface area contributed by atoms with Crippen LogP contribution in [0.1, 0.15) is 6.42 Å².